The first kappa shape index (κ1) is 18.5. The van der Waals surface area contributed by atoms with Gasteiger partial charge >= 0.3 is 0 Å². The normalized spacial score (nSPS) is 12.1. The van der Waals surface area contributed by atoms with Gasteiger partial charge in [0.15, 0.2) is 6.10 Å². The number of carbonyl (C=O) groups excluding carboxylic acids is 1. The molecule has 0 saturated heterocycles. The lowest BCUT2D eigenvalue weighted by molar-refractivity contribution is -0.127. The number of nitrogens with zero attached hydrogens (tertiary/aromatic N) is 2. The third kappa shape index (κ3) is 4.85. The highest BCUT2D eigenvalue weighted by molar-refractivity contribution is 5.85. The minimum atomic E-state index is -0.653. The smallest absolute Gasteiger partial charge is 0.280 e. The summed E-state index contributed by atoms with van der Waals surface area (Å²) in [5, 5.41) is 6.21. The molecule has 0 aromatic heterocycles. The van der Waals surface area contributed by atoms with Gasteiger partial charge in [0.05, 0.1) is 6.21 Å². The summed E-state index contributed by atoms with van der Waals surface area (Å²) in [6.45, 7) is 1.70. The molecule has 1 atom stereocenters. The van der Waals surface area contributed by atoms with Gasteiger partial charge in [-0.15, -0.1) is 0 Å². The number of ether oxygens (including phenoxy) is 1. The molecule has 138 valence electrons. The van der Waals surface area contributed by atoms with Crippen LogP contribution in [0.5, 0.6) is 5.75 Å². The van der Waals surface area contributed by atoms with Crippen LogP contribution < -0.4 is 15.1 Å². The summed E-state index contributed by atoms with van der Waals surface area (Å²) >= 11 is 0. The second-order valence-electron chi connectivity index (χ2n) is 6.49. The monoisotopic (exact) mass is 361 g/mol. The highest BCUT2D eigenvalue weighted by Crippen LogP contribution is 2.21. The Labute approximate surface area is 159 Å². The third-order valence-corrected chi connectivity index (χ3v) is 4.20. The second-order valence-corrected chi connectivity index (χ2v) is 6.49. The van der Waals surface area contributed by atoms with Gasteiger partial charge in [-0.3, -0.25) is 4.79 Å². The lowest BCUT2D eigenvalue weighted by Crippen LogP contribution is -2.33. The predicted octanol–water partition coefficient (Wildman–Crippen LogP) is 3.82. The number of benzene rings is 3. The molecule has 0 heterocycles. The van der Waals surface area contributed by atoms with Crippen LogP contribution in [0.3, 0.4) is 0 Å². The molecule has 27 heavy (non-hydrogen) atoms. The van der Waals surface area contributed by atoms with E-state index in [1.54, 1.807) is 13.1 Å². The molecule has 1 N–H and O–H groups in total. The van der Waals surface area contributed by atoms with E-state index in [2.05, 4.69) is 10.5 Å². The van der Waals surface area contributed by atoms with Crippen molar-refractivity contribution in [1.29, 1.82) is 0 Å². The molecule has 0 spiro atoms. The molecule has 5 heteroatoms. The quantitative estimate of drug-likeness (QED) is 0.536. The summed E-state index contributed by atoms with van der Waals surface area (Å²) in [7, 11) is 3.97. The molecule has 0 aliphatic heterocycles. The Kier molecular flexibility index (Phi) is 5.71. The number of carbonyl (C=O) groups is 1. The van der Waals surface area contributed by atoms with E-state index in [-0.39, 0.29) is 5.91 Å². The number of rotatable bonds is 6. The number of hydrogen-bond donors (Lipinski definition) is 1. The molecular weight excluding hydrogens is 338 g/mol. The average Bonchev–Trinajstić information content (AvgIpc) is 2.68. The standard InChI is InChI=1S/C22H23N3O2/c1-16(27-21-13-10-18-6-4-5-7-19(18)14-21)22(26)24-23-15-17-8-11-20(12-9-17)25(2)3/h4-16H,1-3H3,(H,24,26)/b23-15+. The fourth-order valence-corrected chi connectivity index (χ4v) is 2.62. The average molecular weight is 361 g/mol. The summed E-state index contributed by atoms with van der Waals surface area (Å²) in [5.41, 5.74) is 4.53. The zero-order valence-electron chi connectivity index (χ0n) is 15.7. The Balaban J connectivity index is 1.56. The first-order chi connectivity index (χ1) is 13.0. The maximum Gasteiger partial charge on any atom is 0.280 e. The topological polar surface area (TPSA) is 53.9 Å². The first-order valence-corrected chi connectivity index (χ1v) is 8.79. The lowest BCUT2D eigenvalue weighted by Gasteiger charge is -2.13. The molecule has 3 aromatic carbocycles. The van der Waals surface area contributed by atoms with Gasteiger partial charge in [-0.1, -0.05) is 42.5 Å². The second kappa shape index (κ2) is 8.36. The Bertz CT molecular complexity index is 949. The van der Waals surface area contributed by atoms with Gasteiger partial charge in [0.2, 0.25) is 0 Å². The summed E-state index contributed by atoms with van der Waals surface area (Å²) in [6.07, 6.45) is 0.958. The van der Waals surface area contributed by atoms with Gasteiger partial charge in [0, 0.05) is 19.8 Å². The van der Waals surface area contributed by atoms with E-state index in [1.807, 2.05) is 85.7 Å². The number of hydrazone groups is 1. The molecule has 0 aliphatic rings. The third-order valence-electron chi connectivity index (χ3n) is 4.20. The zero-order chi connectivity index (χ0) is 19.2. The summed E-state index contributed by atoms with van der Waals surface area (Å²) in [5.74, 6) is 0.351. The van der Waals surface area contributed by atoms with Gasteiger partial charge < -0.3 is 9.64 Å². The molecule has 0 radical (unpaired) electrons. The largest absolute Gasteiger partial charge is 0.481 e. The molecule has 0 aliphatic carbocycles. The lowest BCUT2D eigenvalue weighted by atomic mass is 10.1. The molecule has 1 amide bonds. The number of fused-ring (bicyclic) bond motifs is 1. The molecule has 0 bridgehead atoms. The van der Waals surface area contributed by atoms with Crippen molar-refractivity contribution in [2.75, 3.05) is 19.0 Å². The van der Waals surface area contributed by atoms with Crippen LogP contribution >= 0.6 is 0 Å². The summed E-state index contributed by atoms with van der Waals surface area (Å²) < 4.78 is 5.74. The summed E-state index contributed by atoms with van der Waals surface area (Å²) in [4.78, 5) is 14.2. The van der Waals surface area contributed by atoms with Gasteiger partial charge in [-0.05, 0) is 47.5 Å². The van der Waals surface area contributed by atoms with Crippen molar-refractivity contribution in [3.8, 4) is 5.75 Å². The van der Waals surface area contributed by atoms with Crippen LogP contribution in [0.2, 0.25) is 0 Å². The maximum atomic E-state index is 12.2. The Hall–Kier alpha value is -3.34. The van der Waals surface area contributed by atoms with Crippen molar-refractivity contribution in [1.82, 2.24) is 5.43 Å². The van der Waals surface area contributed by atoms with Crippen molar-refractivity contribution in [2.24, 2.45) is 5.10 Å². The minimum absolute atomic E-state index is 0.302. The molecule has 0 fully saturated rings. The van der Waals surface area contributed by atoms with E-state index in [0.717, 1.165) is 22.0 Å². The highest BCUT2D eigenvalue weighted by Gasteiger charge is 2.14. The van der Waals surface area contributed by atoms with Crippen LogP contribution in [0.25, 0.3) is 10.8 Å². The van der Waals surface area contributed by atoms with Crippen molar-refractivity contribution >= 4 is 28.6 Å². The Morgan fingerprint density at radius 2 is 1.74 bits per heavy atom. The van der Waals surface area contributed by atoms with Gasteiger partial charge in [0.25, 0.3) is 5.91 Å². The molecule has 0 saturated carbocycles. The fourth-order valence-electron chi connectivity index (χ4n) is 2.62. The van der Waals surface area contributed by atoms with Crippen molar-refractivity contribution in [3.63, 3.8) is 0 Å². The molecular formula is C22H23N3O2. The zero-order valence-corrected chi connectivity index (χ0v) is 15.7. The van der Waals surface area contributed by atoms with E-state index in [9.17, 15) is 4.79 Å². The molecule has 3 aromatic rings. The van der Waals surface area contributed by atoms with Crippen LogP contribution in [0, 0.1) is 0 Å². The highest BCUT2D eigenvalue weighted by atomic mass is 16.5. The van der Waals surface area contributed by atoms with Gasteiger partial charge in [-0.2, -0.15) is 5.10 Å². The van der Waals surface area contributed by atoms with E-state index in [1.165, 1.54) is 0 Å². The van der Waals surface area contributed by atoms with Crippen molar-refractivity contribution in [2.45, 2.75) is 13.0 Å². The van der Waals surface area contributed by atoms with Crippen LogP contribution in [0.4, 0.5) is 5.69 Å². The van der Waals surface area contributed by atoms with Crippen molar-refractivity contribution < 1.29 is 9.53 Å². The molecule has 1 unspecified atom stereocenters. The van der Waals surface area contributed by atoms with E-state index in [0.29, 0.717) is 5.75 Å². The fraction of sp³-hybridized carbons (Fsp3) is 0.182. The van der Waals surface area contributed by atoms with E-state index in [4.69, 9.17) is 4.74 Å². The number of anilines is 1. The number of amides is 1. The number of nitrogens with one attached hydrogen (secondary N) is 1. The van der Waals surface area contributed by atoms with Crippen LogP contribution in [0.15, 0.2) is 71.8 Å². The number of hydrogen-bond acceptors (Lipinski definition) is 4. The van der Waals surface area contributed by atoms with E-state index >= 15 is 0 Å². The van der Waals surface area contributed by atoms with Gasteiger partial charge in [-0.25, -0.2) is 5.43 Å². The van der Waals surface area contributed by atoms with E-state index < -0.39 is 6.10 Å². The van der Waals surface area contributed by atoms with Crippen LogP contribution in [-0.2, 0) is 4.79 Å². The first-order valence-electron chi connectivity index (χ1n) is 8.79. The molecule has 5 nitrogen and oxygen atoms in total. The SMILES string of the molecule is CC(Oc1ccc2ccccc2c1)C(=O)N/N=C/c1ccc(N(C)C)cc1. The Morgan fingerprint density at radius 3 is 2.44 bits per heavy atom. The maximum absolute atomic E-state index is 12.2. The summed E-state index contributed by atoms with van der Waals surface area (Å²) in [6, 6.07) is 21.7. The molecule has 3 rings (SSSR count). The Morgan fingerprint density at radius 1 is 1.04 bits per heavy atom. The van der Waals surface area contributed by atoms with Gasteiger partial charge in [0.1, 0.15) is 5.75 Å². The van der Waals surface area contributed by atoms with Crippen LogP contribution in [0.1, 0.15) is 12.5 Å². The predicted molar refractivity (Wildman–Crippen MR) is 111 cm³/mol. The minimum Gasteiger partial charge on any atom is -0.481 e. The van der Waals surface area contributed by atoms with Crippen molar-refractivity contribution in [3.05, 3.63) is 72.3 Å². The van der Waals surface area contributed by atoms with Crippen LogP contribution in [-0.4, -0.2) is 32.3 Å².